The second-order valence-corrected chi connectivity index (χ2v) is 7.84. The summed E-state index contributed by atoms with van der Waals surface area (Å²) < 4.78 is 74.4. The topological polar surface area (TPSA) is 47.0 Å². The van der Waals surface area contributed by atoms with Gasteiger partial charge in [-0.1, -0.05) is 11.6 Å². The van der Waals surface area contributed by atoms with Crippen molar-refractivity contribution < 1.29 is 26.0 Å². The van der Waals surface area contributed by atoms with Crippen LogP contribution in [-0.4, -0.2) is 20.1 Å². The summed E-state index contributed by atoms with van der Waals surface area (Å²) >= 11 is 6.43. The second kappa shape index (κ2) is 6.74. The predicted octanol–water partition coefficient (Wildman–Crippen LogP) is 4.35. The number of rotatable bonds is 5. The van der Waals surface area contributed by atoms with Gasteiger partial charge in [0, 0.05) is 11.6 Å². The van der Waals surface area contributed by atoms with Crippen LogP contribution < -0.4 is 0 Å². The second-order valence-electron chi connectivity index (χ2n) is 4.50. The smallest absolute Gasteiger partial charge is 0.251 e. The molecule has 0 amide bonds. The molecule has 0 atom stereocenters. The number of sulfone groups is 1. The van der Waals surface area contributed by atoms with Crippen molar-refractivity contribution in [2.75, 3.05) is 6.67 Å². The van der Waals surface area contributed by atoms with Crippen LogP contribution >= 0.6 is 22.9 Å². The van der Waals surface area contributed by atoms with Crippen molar-refractivity contribution in [3.05, 3.63) is 39.9 Å². The van der Waals surface area contributed by atoms with E-state index in [1.165, 1.54) is 6.07 Å². The molecule has 2 heterocycles. The standard InChI is InChI=1S/C13H9ClF4NO2S2/c14-10-5-9(13(16,17)18)6-19-12(10)23(20,21)11-4-8(7-22-11)2-1-3-15/h4-6H,1-3H2. The van der Waals surface area contributed by atoms with Gasteiger partial charge in [0.15, 0.2) is 5.03 Å². The van der Waals surface area contributed by atoms with Gasteiger partial charge in [-0.2, -0.15) is 13.2 Å². The van der Waals surface area contributed by atoms with Gasteiger partial charge in [-0.15, -0.1) is 11.3 Å². The third kappa shape index (κ3) is 4.02. The molecule has 0 N–H and O–H groups in total. The Morgan fingerprint density at radius 3 is 2.57 bits per heavy atom. The number of aromatic nitrogens is 1. The average molecular weight is 387 g/mol. The SMILES string of the molecule is O=S(=O)(c1cc(CCCF)[c]s1)c1ncc(C(F)(F)F)cc1Cl. The highest BCUT2D eigenvalue weighted by Crippen LogP contribution is 2.34. The Bertz CT molecular complexity index is 803. The number of nitrogens with zero attached hydrogens (tertiary/aromatic N) is 1. The third-order valence-electron chi connectivity index (χ3n) is 2.81. The van der Waals surface area contributed by atoms with Crippen LogP contribution in [0.15, 0.2) is 27.6 Å². The molecule has 0 saturated carbocycles. The van der Waals surface area contributed by atoms with Gasteiger partial charge >= 0.3 is 6.18 Å². The van der Waals surface area contributed by atoms with Gasteiger partial charge in [0.2, 0.25) is 9.84 Å². The van der Waals surface area contributed by atoms with Gasteiger partial charge in [0.05, 0.1) is 17.3 Å². The van der Waals surface area contributed by atoms with E-state index in [4.69, 9.17) is 11.6 Å². The van der Waals surface area contributed by atoms with Crippen LogP contribution in [-0.2, 0) is 22.4 Å². The molecule has 1 radical (unpaired) electrons. The van der Waals surface area contributed by atoms with Crippen LogP contribution in [0.1, 0.15) is 17.5 Å². The minimum absolute atomic E-state index is 0.152. The zero-order valence-electron chi connectivity index (χ0n) is 11.3. The highest BCUT2D eigenvalue weighted by atomic mass is 35.5. The molecule has 0 unspecified atom stereocenters. The van der Waals surface area contributed by atoms with Gasteiger partial charge < -0.3 is 0 Å². The van der Waals surface area contributed by atoms with E-state index in [1.54, 1.807) is 0 Å². The third-order valence-corrected chi connectivity index (χ3v) is 6.28. The Morgan fingerprint density at radius 1 is 1.30 bits per heavy atom. The number of alkyl halides is 4. The maximum Gasteiger partial charge on any atom is 0.417 e. The average Bonchev–Trinajstić information content (AvgIpc) is 2.93. The summed E-state index contributed by atoms with van der Waals surface area (Å²) in [6.45, 7) is -0.544. The van der Waals surface area contributed by atoms with E-state index in [0.29, 0.717) is 24.2 Å². The molecular weight excluding hydrogens is 378 g/mol. The van der Waals surface area contributed by atoms with Crippen molar-refractivity contribution >= 4 is 32.8 Å². The van der Waals surface area contributed by atoms with E-state index in [2.05, 4.69) is 10.4 Å². The van der Waals surface area contributed by atoms with E-state index >= 15 is 0 Å². The summed E-state index contributed by atoms with van der Waals surface area (Å²) in [6, 6.07) is 1.81. The van der Waals surface area contributed by atoms with Crippen LogP contribution in [0.25, 0.3) is 0 Å². The normalized spacial score (nSPS) is 12.6. The van der Waals surface area contributed by atoms with E-state index in [-0.39, 0.29) is 10.6 Å². The van der Waals surface area contributed by atoms with Crippen molar-refractivity contribution in [2.45, 2.75) is 28.3 Å². The zero-order chi connectivity index (χ0) is 17.3. The van der Waals surface area contributed by atoms with Crippen molar-refractivity contribution in [1.29, 1.82) is 0 Å². The molecule has 0 fully saturated rings. The van der Waals surface area contributed by atoms with Gasteiger partial charge in [-0.25, -0.2) is 13.4 Å². The molecule has 0 aliphatic heterocycles. The number of halogens is 5. The first-order valence-corrected chi connectivity index (χ1v) is 8.88. The number of hydrogen-bond donors (Lipinski definition) is 0. The molecule has 125 valence electrons. The molecule has 0 aliphatic rings. The van der Waals surface area contributed by atoms with Crippen LogP contribution in [0.3, 0.4) is 0 Å². The summed E-state index contributed by atoms with van der Waals surface area (Å²) in [7, 11) is -4.15. The Kier molecular flexibility index (Phi) is 5.32. The minimum atomic E-state index is -4.67. The predicted molar refractivity (Wildman–Crippen MR) is 77.2 cm³/mol. The van der Waals surface area contributed by atoms with E-state index in [1.807, 2.05) is 0 Å². The number of aryl methyl sites for hydroxylation is 1. The first kappa shape index (κ1) is 18.2. The van der Waals surface area contributed by atoms with Crippen molar-refractivity contribution in [2.24, 2.45) is 0 Å². The molecule has 23 heavy (non-hydrogen) atoms. The van der Waals surface area contributed by atoms with Crippen molar-refractivity contribution in [3.63, 3.8) is 0 Å². The number of hydrogen-bond acceptors (Lipinski definition) is 4. The largest absolute Gasteiger partial charge is 0.417 e. The van der Waals surface area contributed by atoms with Gasteiger partial charge in [0.1, 0.15) is 4.21 Å². The van der Waals surface area contributed by atoms with E-state index in [9.17, 15) is 26.0 Å². The molecule has 10 heteroatoms. The maximum atomic E-state index is 12.6. The van der Waals surface area contributed by atoms with Gasteiger partial charge in [-0.05, 0) is 30.5 Å². The summed E-state index contributed by atoms with van der Waals surface area (Å²) in [5.41, 5.74) is -0.628. The van der Waals surface area contributed by atoms with Crippen LogP contribution in [0.5, 0.6) is 0 Å². The lowest BCUT2D eigenvalue weighted by molar-refractivity contribution is -0.137. The lowest BCUT2D eigenvalue weighted by atomic mass is 10.2. The van der Waals surface area contributed by atoms with E-state index in [0.717, 1.165) is 11.3 Å². The highest BCUT2D eigenvalue weighted by molar-refractivity contribution is 7.93. The Morgan fingerprint density at radius 2 is 2.00 bits per heavy atom. The molecule has 0 spiro atoms. The summed E-state index contributed by atoms with van der Waals surface area (Å²) in [5.74, 6) is 0. The van der Waals surface area contributed by atoms with Crippen molar-refractivity contribution in [3.8, 4) is 0 Å². The summed E-state index contributed by atoms with van der Waals surface area (Å²) in [4.78, 5) is 3.36. The molecule has 0 saturated heterocycles. The molecule has 3 nitrogen and oxygen atoms in total. The Balaban J connectivity index is 2.38. The van der Waals surface area contributed by atoms with Crippen LogP contribution in [0.2, 0.25) is 5.02 Å². The zero-order valence-corrected chi connectivity index (χ0v) is 13.7. The molecular formula is C13H9ClF4NO2S2. The first-order valence-electron chi connectivity index (χ1n) is 6.20. The number of thiophene rings is 1. The minimum Gasteiger partial charge on any atom is -0.251 e. The van der Waals surface area contributed by atoms with Crippen LogP contribution in [0.4, 0.5) is 17.6 Å². The summed E-state index contributed by atoms with van der Waals surface area (Å²) in [5, 5.41) is 1.45. The highest BCUT2D eigenvalue weighted by Gasteiger charge is 2.33. The Hall–Kier alpha value is -1.19. The summed E-state index contributed by atoms with van der Waals surface area (Å²) in [6.07, 6.45) is -3.71. The molecule has 0 aliphatic carbocycles. The first-order chi connectivity index (χ1) is 10.7. The quantitative estimate of drug-likeness (QED) is 0.718. The number of pyridine rings is 1. The fraction of sp³-hybridized carbons (Fsp3) is 0.308. The van der Waals surface area contributed by atoms with E-state index < -0.39 is 38.3 Å². The van der Waals surface area contributed by atoms with Gasteiger partial charge in [-0.3, -0.25) is 4.39 Å². The molecule has 0 bridgehead atoms. The lowest BCUT2D eigenvalue weighted by Crippen LogP contribution is -2.09. The maximum absolute atomic E-state index is 12.6. The monoisotopic (exact) mass is 386 g/mol. The van der Waals surface area contributed by atoms with Crippen LogP contribution in [0, 0.1) is 5.38 Å². The molecule has 2 aromatic rings. The fourth-order valence-corrected chi connectivity index (χ4v) is 4.56. The Labute approximate surface area is 138 Å². The fourth-order valence-electron chi connectivity index (χ4n) is 1.70. The molecule has 2 aromatic heterocycles. The van der Waals surface area contributed by atoms with Crippen molar-refractivity contribution in [1.82, 2.24) is 4.98 Å². The van der Waals surface area contributed by atoms with Gasteiger partial charge in [0.25, 0.3) is 0 Å². The molecule has 2 rings (SSSR count). The lowest BCUT2D eigenvalue weighted by Gasteiger charge is -2.08. The molecule has 0 aromatic carbocycles.